The Morgan fingerprint density at radius 2 is 1.65 bits per heavy atom. The van der Waals surface area contributed by atoms with Gasteiger partial charge in [-0.05, 0) is 49.2 Å². The van der Waals surface area contributed by atoms with Gasteiger partial charge in [0, 0.05) is 16.9 Å². The standard InChI is InChI=1S/C14H16BrNO/c1-11-9-16(10-12(11)2)7-8-17-14-5-3-13(15)4-6-14/h3-6,9-10H,7-8H2,1-2H3. The molecule has 0 fully saturated rings. The summed E-state index contributed by atoms with van der Waals surface area (Å²) in [4.78, 5) is 0. The molecule has 0 radical (unpaired) electrons. The number of nitrogens with zero attached hydrogens (tertiary/aromatic N) is 1. The van der Waals surface area contributed by atoms with E-state index in [2.05, 4.69) is 46.7 Å². The molecule has 0 aliphatic rings. The van der Waals surface area contributed by atoms with Crippen molar-refractivity contribution in [2.24, 2.45) is 0 Å². The van der Waals surface area contributed by atoms with E-state index in [-0.39, 0.29) is 0 Å². The van der Waals surface area contributed by atoms with E-state index in [0.29, 0.717) is 6.61 Å². The average molecular weight is 294 g/mol. The van der Waals surface area contributed by atoms with Crippen LogP contribution in [0, 0.1) is 13.8 Å². The Morgan fingerprint density at radius 3 is 2.24 bits per heavy atom. The van der Waals surface area contributed by atoms with Crippen molar-refractivity contribution in [1.82, 2.24) is 4.57 Å². The number of benzene rings is 1. The summed E-state index contributed by atoms with van der Waals surface area (Å²) >= 11 is 3.40. The van der Waals surface area contributed by atoms with Crippen molar-refractivity contribution in [3.05, 3.63) is 52.3 Å². The highest BCUT2D eigenvalue weighted by Gasteiger charge is 1.98. The molecule has 0 N–H and O–H groups in total. The molecule has 0 amide bonds. The summed E-state index contributed by atoms with van der Waals surface area (Å²) in [6.45, 7) is 5.82. The minimum absolute atomic E-state index is 0.690. The van der Waals surface area contributed by atoms with Crippen molar-refractivity contribution >= 4 is 15.9 Å². The van der Waals surface area contributed by atoms with Crippen molar-refractivity contribution in [2.75, 3.05) is 6.61 Å². The first kappa shape index (κ1) is 12.2. The van der Waals surface area contributed by atoms with E-state index in [1.807, 2.05) is 24.3 Å². The predicted molar refractivity (Wildman–Crippen MR) is 73.5 cm³/mol. The van der Waals surface area contributed by atoms with Crippen LogP contribution in [0.2, 0.25) is 0 Å². The summed E-state index contributed by atoms with van der Waals surface area (Å²) in [5, 5.41) is 0. The van der Waals surface area contributed by atoms with Crippen molar-refractivity contribution < 1.29 is 4.74 Å². The van der Waals surface area contributed by atoms with Gasteiger partial charge in [-0.1, -0.05) is 15.9 Å². The molecule has 0 aliphatic heterocycles. The lowest BCUT2D eigenvalue weighted by Crippen LogP contribution is -2.06. The molecule has 1 heterocycles. The minimum Gasteiger partial charge on any atom is -0.492 e. The molecular weight excluding hydrogens is 278 g/mol. The van der Waals surface area contributed by atoms with Gasteiger partial charge in [0.05, 0.1) is 6.54 Å². The van der Waals surface area contributed by atoms with Crippen molar-refractivity contribution in [3.8, 4) is 5.75 Å². The fraction of sp³-hybridized carbons (Fsp3) is 0.286. The smallest absolute Gasteiger partial charge is 0.119 e. The van der Waals surface area contributed by atoms with Gasteiger partial charge in [0.25, 0.3) is 0 Å². The van der Waals surface area contributed by atoms with E-state index in [4.69, 9.17) is 4.74 Å². The highest BCUT2D eigenvalue weighted by molar-refractivity contribution is 9.10. The summed E-state index contributed by atoms with van der Waals surface area (Å²) < 4.78 is 8.91. The maximum absolute atomic E-state index is 5.67. The zero-order valence-corrected chi connectivity index (χ0v) is 11.7. The quantitative estimate of drug-likeness (QED) is 0.833. The van der Waals surface area contributed by atoms with Gasteiger partial charge in [0.2, 0.25) is 0 Å². The summed E-state index contributed by atoms with van der Waals surface area (Å²) in [7, 11) is 0. The monoisotopic (exact) mass is 293 g/mol. The second-order valence-corrected chi connectivity index (χ2v) is 5.08. The SMILES string of the molecule is Cc1cn(CCOc2ccc(Br)cc2)cc1C. The van der Waals surface area contributed by atoms with Gasteiger partial charge in [0.15, 0.2) is 0 Å². The number of halogens is 1. The molecule has 0 unspecified atom stereocenters. The molecule has 2 nitrogen and oxygen atoms in total. The van der Waals surface area contributed by atoms with Crippen LogP contribution in [0.5, 0.6) is 5.75 Å². The Balaban J connectivity index is 1.85. The summed E-state index contributed by atoms with van der Waals surface area (Å²) in [6.07, 6.45) is 4.31. The van der Waals surface area contributed by atoms with Crippen LogP contribution in [0.1, 0.15) is 11.1 Å². The average Bonchev–Trinajstić information content (AvgIpc) is 2.61. The molecule has 3 heteroatoms. The van der Waals surface area contributed by atoms with Crippen molar-refractivity contribution in [3.63, 3.8) is 0 Å². The minimum atomic E-state index is 0.690. The van der Waals surface area contributed by atoms with Gasteiger partial charge in [-0.2, -0.15) is 0 Å². The summed E-state index contributed by atoms with van der Waals surface area (Å²) in [5.74, 6) is 0.911. The lowest BCUT2D eigenvalue weighted by molar-refractivity contribution is 0.298. The predicted octanol–water partition coefficient (Wildman–Crippen LogP) is 3.95. The van der Waals surface area contributed by atoms with Crippen LogP contribution in [0.4, 0.5) is 0 Å². The third-order valence-corrected chi connectivity index (χ3v) is 3.30. The molecule has 0 spiro atoms. The Labute approximate surface area is 110 Å². The molecule has 0 saturated carbocycles. The van der Waals surface area contributed by atoms with E-state index < -0.39 is 0 Å². The highest BCUT2D eigenvalue weighted by Crippen LogP contribution is 2.16. The number of hydrogen-bond acceptors (Lipinski definition) is 1. The lowest BCUT2D eigenvalue weighted by atomic mass is 10.2. The summed E-state index contributed by atoms with van der Waals surface area (Å²) in [6, 6.07) is 7.91. The maximum Gasteiger partial charge on any atom is 0.119 e. The van der Waals surface area contributed by atoms with E-state index in [0.717, 1.165) is 16.8 Å². The van der Waals surface area contributed by atoms with E-state index in [1.54, 1.807) is 0 Å². The number of aromatic nitrogens is 1. The van der Waals surface area contributed by atoms with E-state index in [1.165, 1.54) is 11.1 Å². The molecule has 0 saturated heterocycles. The molecule has 90 valence electrons. The van der Waals surface area contributed by atoms with Gasteiger partial charge in [0.1, 0.15) is 12.4 Å². The van der Waals surface area contributed by atoms with Gasteiger partial charge < -0.3 is 9.30 Å². The second-order valence-electron chi connectivity index (χ2n) is 4.16. The highest BCUT2D eigenvalue weighted by atomic mass is 79.9. The third kappa shape index (κ3) is 3.37. The molecule has 17 heavy (non-hydrogen) atoms. The Hall–Kier alpha value is -1.22. The largest absolute Gasteiger partial charge is 0.492 e. The van der Waals surface area contributed by atoms with Gasteiger partial charge in [-0.3, -0.25) is 0 Å². The summed E-state index contributed by atoms with van der Waals surface area (Å²) in [5.41, 5.74) is 2.65. The van der Waals surface area contributed by atoms with Crippen LogP contribution in [0.25, 0.3) is 0 Å². The zero-order valence-electron chi connectivity index (χ0n) is 10.1. The van der Waals surface area contributed by atoms with E-state index >= 15 is 0 Å². The van der Waals surface area contributed by atoms with Gasteiger partial charge >= 0.3 is 0 Å². The molecule has 0 aliphatic carbocycles. The fourth-order valence-corrected chi connectivity index (χ4v) is 1.93. The van der Waals surface area contributed by atoms with Crippen LogP contribution in [-0.2, 0) is 6.54 Å². The van der Waals surface area contributed by atoms with Crippen LogP contribution >= 0.6 is 15.9 Å². The first-order valence-corrected chi connectivity index (χ1v) is 6.46. The molecule has 0 atom stereocenters. The van der Waals surface area contributed by atoms with E-state index in [9.17, 15) is 0 Å². The number of rotatable bonds is 4. The molecule has 2 aromatic rings. The Kier molecular flexibility index (Phi) is 3.89. The first-order chi connectivity index (χ1) is 8.15. The van der Waals surface area contributed by atoms with Gasteiger partial charge in [-0.25, -0.2) is 0 Å². The number of ether oxygens (including phenoxy) is 1. The zero-order chi connectivity index (χ0) is 12.3. The van der Waals surface area contributed by atoms with Crippen molar-refractivity contribution in [2.45, 2.75) is 20.4 Å². The Bertz CT molecular complexity index is 468. The van der Waals surface area contributed by atoms with Crippen LogP contribution in [-0.4, -0.2) is 11.2 Å². The van der Waals surface area contributed by atoms with Crippen LogP contribution in [0.15, 0.2) is 41.1 Å². The molecule has 1 aromatic carbocycles. The number of hydrogen-bond donors (Lipinski definition) is 0. The second kappa shape index (κ2) is 5.41. The normalized spacial score (nSPS) is 10.5. The molecule has 0 bridgehead atoms. The molecular formula is C14H16BrNO. The lowest BCUT2D eigenvalue weighted by Gasteiger charge is -2.06. The first-order valence-electron chi connectivity index (χ1n) is 5.66. The van der Waals surface area contributed by atoms with Gasteiger partial charge in [-0.15, -0.1) is 0 Å². The molecule has 2 rings (SSSR count). The Morgan fingerprint density at radius 1 is 1.06 bits per heavy atom. The number of aryl methyl sites for hydroxylation is 2. The fourth-order valence-electron chi connectivity index (χ4n) is 1.67. The molecule has 1 aromatic heterocycles. The van der Waals surface area contributed by atoms with Crippen LogP contribution < -0.4 is 4.74 Å². The third-order valence-electron chi connectivity index (χ3n) is 2.77. The maximum atomic E-state index is 5.67. The van der Waals surface area contributed by atoms with Crippen LogP contribution in [0.3, 0.4) is 0 Å². The topological polar surface area (TPSA) is 14.2 Å². The van der Waals surface area contributed by atoms with Crippen molar-refractivity contribution in [1.29, 1.82) is 0 Å².